The molecule has 0 fully saturated rings. The lowest BCUT2D eigenvalue weighted by Gasteiger charge is -1.92. The molecule has 0 bridgehead atoms. The summed E-state index contributed by atoms with van der Waals surface area (Å²) in [5.74, 6) is 0. The maximum Gasteiger partial charge on any atom is 0.518 e. The van der Waals surface area contributed by atoms with E-state index in [0.717, 1.165) is 0 Å². The molecule has 0 aliphatic rings. The number of hydrogen-bond donors (Lipinski definition) is 0. The molecule has 5 heteroatoms. The average molecular weight is 150 g/mol. The van der Waals surface area contributed by atoms with Crippen LogP contribution >= 0.6 is 0 Å². The largest absolute Gasteiger partial charge is 0.518 e. The van der Waals surface area contributed by atoms with Gasteiger partial charge in [-0.3, -0.25) is 0 Å². The van der Waals surface area contributed by atoms with Crippen LogP contribution in [0.3, 0.4) is 0 Å². The Labute approximate surface area is 55.5 Å². The van der Waals surface area contributed by atoms with Gasteiger partial charge in [0.1, 0.15) is 25.2 Å². The fraction of sp³-hybridized carbons (Fsp3) is 0. The van der Waals surface area contributed by atoms with E-state index in [-0.39, 0.29) is 12.7 Å². The van der Waals surface area contributed by atoms with Gasteiger partial charge < -0.3 is 9.47 Å². The summed E-state index contributed by atoms with van der Waals surface area (Å²) in [6.07, 6.45) is -0.272. The van der Waals surface area contributed by atoms with E-state index in [1.54, 1.807) is 0 Å². The van der Waals surface area contributed by atoms with Gasteiger partial charge in [-0.2, -0.15) is 0 Å². The summed E-state index contributed by atoms with van der Waals surface area (Å²) in [6.45, 7) is 0. The molecule has 0 saturated carbocycles. The highest BCUT2D eigenvalue weighted by atomic mass is 19.1. The van der Waals surface area contributed by atoms with Crippen molar-refractivity contribution in [2.24, 2.45) is 0 Å². The minimum Gasteiger partial charge on any atom is -0.400 e. The van der Waals surface area contributed by atoms with Crippen LogP contribution in [0.5, 0.6) is 0 Å². The second-order valence-electron chi connectivity index (χ2n) is 1.01. The summed E-state index contributed by atoms with van der Waals surface area (Å²) in [6, 6.07) is 0. The number of rotatable bonds is 2. The van der Waals surface area contributed by atoms with E-state index in [1.165, 1.54) is 0 Å². The molecule has 0 amide bonds. The minimum atomic E-state index is -1.21. The summed E-state index contributed by atoms with van der Waals surface area (Å²) >= 11 is 0. The molecule has 0 aliphatic heterocycles. The second kappa shape index (κ2) is 5.74. The van der Waals surface area contributed by atoms with E-state index < -0.39 is 6.16 Å². The van der Waals surface area contributed by atoms with E-state index in [4.69, 9.17) is 0 Å². The summed E-state index contributed by atoms with van der Waals surface area (Å²) in [4.78, 5) is 10.1. The number of hydrogen-bond acceptors (Lipinski definition) is 3. The van der Waals surface area contributed by atoms with Crippen LogP contribution in [-0.4, -0.2) is 6.16 Å². The quantitative estimate of drug-likeness (QED) is 0.446. The Morgan fingerprint density at radius 1 is 1.10 bits per heavy atom. The van der Waals surface area contributed by atoms with Crippen LogP contribution < -0.4 is 0 Å². The monoisotopic (exact) mass is 150 g/mol. The minimum absolute atomic E-state index is 0.000417. The average Bonchev–Trinajstić information content (AvgIpc) is 1.97. The van der Waals surface area contributed by atoms with Gasteiger partial charge in [-0.15, -0.1) is 0 Å². The molecule has 0 aromatic heterocycles. The van der Waals surface area contributed by atoms with Crippen molar-refractivity contribution in [2.45, 2.75) is 0 Å². The first-order chi connectivity index (χ1) is 4.81. The standard InChI is InChI=1S/C5H4F2O3/c6-1-3-9-5(8)10-4-2-7/h1-4H. The van der Waals surface area contributed by atoms with E-state index in [1.807, 2.05) is 0 Å². The highest BCUT2D eigenvalue weighted by Crippen LogP contribution is 1.87. The molecule has 0 aromatic carbocycles. The van der Waals surface area contributed by atoms with Crippen LogP contribution in [0.4, 0.5) is 13.6 Å². The van der Waals surface area contributed by atoms with Gasteiger partial charge in [0.2, 0.25) is 0 Å². The van der Waals surface area contributed by atoms with Crippen LogP contribution in [-0.2, 0) is 9.47 Å². The fourth-order valence-electron chi connectivity index (χ4n) is 0.190. The molecule has 0 saturated heterocycles. The Morgan fingerprint density at radius 2 is 1.50 bits per heavy atom. The van der Waals surface area contributed by atoms with Crippen molar-refractivity contribution in [1.29, 1.82) is 0 Å². The summed E-state index contributed by atoms with van der Waals surface area (Å²) in [5.41, 5.74) is 0. The molecule has 0 radical (unpaired) electrons. The normalized spacial score (nSPS) is 10.6. The molecule has 0 N–H and O–H groups in total. The van der Waals surface area contributed by atoms with Gasteiger partial charge in [-0.1, -0.05) is 0 Å². The molecule has 0 rings (SSSR count). The molecular formula is C5H4F2O3. The zero-order valence-corrected chi connectivity index (χ0v) is 4.79. The highest BCUT2D eigenvalue weighted by molar-refractivity contribution is 5.61. The van der Waals surface area contributed by atoms with Crippen LogP contribution in [0.2, 0.25) is 0 Å². The Morgan fingerprint density at radius 3 is 1.80 bits per heavy atom. The molecule has 0 aliphatic carbocycles. The van der Waals surface area contributed by atoms with Gasteiger partial charge in [0, 0.05) is 0 Å². The van der Waals surface area contributed by atoms with Crippen LogP contribution in [0.1, 0.15) is 0 Å². The van der Waals surface area contributed by atoms with Gasteiger partial charge in [0.15, 0.2) is 0 Å². The van der Waals surface area contributed by atoms with E-state index >= 15 is 0 Å². The van der Waals surface area contributed by atoms with Gasteiger partial charge in [-0.25, -0.2) is 13.6 Å². The van der Waals surface area contributed by atoms with E-state index in [0.29, 0.717) is 12.5 Å². The van der Waals surface area contributed by atoms with Crippen molar-refractivity contribution in [3.63, 3.8) is 0 Å². The second-order valence-corrected chi connectivity index (χ2v) is 1.01. The van der Waals surface area contributed by atoms with Crippen molar-refractivity contribution in [3.8, 4) is 0 Å². The van der Waals surface area contributed by atoms with Gasteiger partial charge in [-0.05, 0) is 0 Å². The summed E-state index contributed by atoms with van der Waals surface area (Å²) in [7, 11) is 0. The summed E-state index contributed by atoms with van der Waals surface area (Å²) < 4.78 is 29.9. The molecule has 0 atom stereocenters. The third-order valence-electron chi connectivity index (χ3n) is 0.431. The van der Waals surface area contributed by atoms with Crippen LogP contribution in [0, 0.1) is 0 Å². The van der Waals surface area contributed by atoms with Crippen molar-refractivity contribution >= 4 is 6.16 Å². The smallest absolute Gasteiger partial charge is 0.400 e. The molecule has 3 nitrogen and oxygen atoms in total. The molecule has 0 spiro atoms. The lowest BCUT2D eigenvalue weighted by atomic mass is 11.0. The van der Waals surface area contributed by atoms with Crippen molar-refractivity contribution in [3.05, 3.63) is 25.2 Å². The predicted molar refractivity (Wildman–Crippen MR) is 28.1 cm³/mol. The molecule has 56 valence electrons. The predicted octanol–water partition coefficient (Wildman–Crippen LogP) is 2.02. The zero-order chi connectivity index (χ0) is 7.82. The molecule has 0 heterocycles. The molecule has 0 unspecified atom stereocenters. The first-order valence-electron chi connectivity index (χ1n) is 2.19. The van der Waals surface area contributed by atoms with Gasteiger partial charge in [0.25, 0.3) is 0 Å². The third-order valence-corrected chi connectivity index (χ3v) is 0.431. The lowest BCUT2D eigenvalue weighted by Crippen LogP contribution is -1.96. The number of halogens is 2. The maximum atomic E-state index is 11.1. The van der Waals surface area contributed by atoms with E-state index in [9.17, 15) is 13.6 Å². The lowest BCUT2D eigenvalue weighted by molar-refractivity contribution is 0.118. The van der Waals surface area contributed by atoms with Gasteiger partial charge in [0.05, 0.1) is 0 Å². The van der Waals surface area contributed by atoms with E-state index in [2.05, 4.69) is 9.47 Å². The molecular weight excluding hydrogens is 146 g/mol. The number of ether oxygens (including phenoxy) is 2. The molecule has 10 heavy (non-hydrogen) atoms. The maximum absolute atomic E-state index is 11.1. The first kappa shape index (κ1) is 8.61. The highest BCUT2D eigenvalue weighted by Gasteiger charge is 1.95. The first-order valence-corrected chi connectivity index (χ1v) is 2.19. The Bertz CT molecular complexity index is 137. The van der Waals surface area contributed by atoms with Crippen molar-refractivity contribution < 1.29 is 23.0 Å². The topological polar surface area (TPSA) is 35.5 Å². The zero-order valence-electron chi connectivity index (χ0n) is 4.79. The fourth-order valence-corrected chi connectivity index (χ4v) is 0.190. The van der Waals surface area contributed by atoms with Crippen LogP contribution in [0.15, 0.2) is 25.2 Å². The van der Waals surface area contributed by atoms with Gasteiger partial charge >= 0.3 is 6.16 Å². The Hall–Kier alpha value is -1.39. The number of carbonyl (C=O) groups is 1. The van der Waals surface area contributed by atoms with Crippen molar-refractivity contribution in [2.75, 3.05) is 0 Å². The molecule has 0 aromatic rings. The van der Waals surface area contributed by atoms with Crippen molar-refractivity contribution in [1.82, 2.24) is 0 Å². The Balaban J connectivity index is 3.44. The SMILES string of the molecule is O=C(OC=CF)OC=CF. The Kier molecular flexibility index (Phi) is 4.94. The number of carbonyl (C=O) groups excluding carboxylic acids is 1. The summed E-state index contributed by atoms with van der Waals surface area (Å²) in [5, 5.41) is 0. The van der Waals surface area contributed by atoms with Crippen LogP contribution in [0.25, 0.3) is 0 Å². The third kappa shape index (κ3) is 4.76.